The summed E-state index contributed by atoms with van der Waals surface area (Å²) in [4.78, 5) is 23.2. The van der Waals surface area contributed by atoms with Crippen LogP contribution in [0.15, 0.2) is 56.1 Å². The molecule has 1 aromatic heterocycles. The first-order valence-electron chi connectivity index (χ1n) is 5.52. The number of rotatable bonds is 2. The molecular formula is C14H8O5. The van der Waals surface area contributed by atoms with Gasteiger partial charge < -0.3 is 13.9 Å². The molecule has 1 heterocycles. The van der Waals surface area contributed by atoms with Gasteiger partial charge in [0.15, 0.2) is 17.1 Å². The van der Waals surface area contributed by atoms with Gasteiger partial charge in [-0.2, -0.15) is 0 Å². The molecule has 0 atom stereocenters. The predicted octanol–water partition coefficient (Wildman–Crippen LogP) is 2.32. The first-order valence-corrected chi connectivity index (χ1v) is 5.52. The van der Waals surface area contributed by atoms with Crippen LogP contribution in [-0.2, 0) is 0 Å². The van der Waals surface area contributed by atoms with E-state index < -0.39 is 11.6 Å². The fourth-order valence-electron chi connectivity index (χ4n) is 1.85. The summed E-state index contributed by atoms with van der Waals surface area (Å²) < 4.78 is 9.40. The second kappa shape index (κ2) is 4.13. The summed E-state index contributed by atoms with van der Waals surface area (Å²) in [5.41, 5.74) is 0.477. The quantitative estimate of drug-likeness (QED) is 0.711. The zero-order valence-corrected chi connectivity index (χ0v) is 9.62. The molecular weight excluding hydrogens is 248 g/mol. The zero-order chi connectivity index (χ0) is 13.4. The number of carbonyl (C=O) groups is 1. The van der Waals surface area contributed by atoms with Crippen molar-refractivity contribution in [3.63, 3.8) is 0 Å². The molecule has 94 valence electrons. The number of benzene rings is 2. The minimum Gasteiger partial charge on any atom is -0.504 e. The van der Waals surface area contributed by atoms with Crippen molar-refractivity contribution in [2.24, 2.45) is 0 Å². The van der Waals surface area contributed by atoms with E-state index in [0.29, 0.717) is 5.56 Å². The van der Waals surface area contributed by atoms with E-state index in [-0.39, 0.29) is 22.5 Å². The second-order valence-electron chi connectivity index (χ2n) is 3.94. The van der Waals surface area contributed by atoms with Crippen molar-refractivity contribution in [2.45, 2.75) is 0 Å². The Hall–Kier alpha value is -2.82. The van der Waals surface area contributed by atoms with Crippen LogP contribution in [0.25, 0.3) is 11.2 Å². The smallest absolute Gasteiger partial charge is 0.504 e. The first kappa shape index (κ1) is 11.3. The van der Waals surface area contributed by atoms with Crippen molar-refractivity contribution in [3.05, 3.63) is 64.2 Å². The summed E-state index contributed by atoms with van der Waals surface area (Å²) in [6.07, 6.45) is 0. The lowest BCUT2D eigenvalue weighted by molar-refractivity contribution is 0.103. The Balaban J connectivity index is 2.18. The van der Waals surface area contributed by atoms with Gasteiger partial charge in [-0.15, -0.1) is 0 Å². The molecule has 2 aromatic carbocycles. The number of hydrogen-bond donors (Lipinski definition) is 1. The van der Waals surface area contributed by atoms with Crippen molar-refractivity contribution in [1.29, 1.82) is 0 Å². The molecule has 0 radical (unpaired) electrons. The molecule has 3 rings (SSSR count). The van der Waals surface area contributed by atoms with Crippen LogP contribution in [-0.4, -0.2) is 10.9 Å². The maximum Gasteiger partial charge on any atom is 0.519 e. The van der Waals surface area contributed by atoms with Crippen molar-refractivity contribution in [2.75, 3.05) is 0 Å². The van der Waals surface area contributed by atoms with Gasteiger partial charge in [-0.1, -0.05) is 30.3 Å². The minimum absolute atomic E-state index is 0.0586. The molecule has 0 spiro atoms. The lowest BCUT2D eigenvalue weighted by Gasteiger charge is -2.03. The molecule has 19 heavy (non-hydrogen) atoms. The lowest BCUT2D eigenvalue weighted by atomic mass is 10.0. The van der Waals surface area contributed by atoms with Crippen LogP contribution < -0.4 is 5.82 Å². The number of hydrogen-bond acceptors (Lipinski definition) is 5. The fourth-order valence-corrected chi connectivity index (χ4v) is 1.85. The number of ketones is 1. The number of fused-ring (bicyclic) bond motifs is 1. The zero-order valence-electron chi connectivity index (χ0n) is 9.62. The monoisotopic (exact) mass is 256 g/mol. The van der Waals surface area contributed by atoms with E-state index in [1.807, 2.05) is 0 Å². The van der Waals surface area contributed by atoms with Crippen LogP contribution in [0.5, 0.6) is 5.75 Å². The molecule has 0 aliphatic heterocycles. The average molecular weight is 256 g/mol. The van der Waals surface area contributed by atoms with Crippen LogP contribution in [0.3, 0.4) is 0 Å². The summed E-state index contributed by atoms with van der Waals surface area (Å²) in [6.45, 7) is 0. The molecule has 1 N–H and O–H groups in total. The normalized spacial score (nSPS) is 10.7. The maximum atomic E-state index is 12.2. The number of aromatic hydroxyl groups is 1. The highest BCUT2D eigenvalue weighted by Gasteiger charge is 2.19. The first-order chi connectivity index (χ1) is 9.16. The third-order valence-electron chi connectivity index (χ3n) is 2.75. The summed E-state index contributed by atoms with van der Waals surface area (Å²) >= 11 is 0. The van der Waals surface area contributed by atoms with Crippen LogP contribution in [0, 0.1) is 0 Å². The molecule has 0 saturated carbocycles. The van der Waals surface area contributed by atoms with Gasteiger partial charge in [-0.25, -0.2) is 4.79 Å². The van der Waals surface area contributed by atoms with E-state index in [9.17, 15) is 14.7 Å². The van der Waals surface area contributed by atoms with Gasteiger partial charge in [-0.05, 0) is 12.1 Å². The predicted molar refractivity (Wildman–Crippen MR) is 66.3 cm³/mol. The van der Waals surface area contributed by atoms with Crippen LogP contribution in [0.2, 0.25) is 0 Å². The highest BCUT2D eigenvalue weighted by atomic mass is 16.6. The molecule has 5 nitrogen and oxygen atoms in total. The third-order valence-corrected chi connectivity index (χ3v) is 2.75. The Morgan fingerprint density at radius 2 is 1.74 bits per heavy atom. The van der Waals surface area contributed by atoms with Crippen molar-refractivity contribution in [1.82, 2.24) is 0 Å². The summed E-state index contributed by atoms with van der Waals surface area (Å²) in [6, 6.07) is 11.3. The van der Waals surface area contributed by atoms with E-state index in [4.69, 9.17) is 8.83 Å². The van der Waals surface area contributed by atoms with E-state index >= 15 is 0 Å². The van der Waals surface area contributed by atoms with Gasteiger partial charge in [0, 0.05) is 5.56 Å². The number of phenols is 1. The Labute approximate surface area is 106 Å². The van der Waals surface area contributed by atoms with E-state index in [1.54, 1.807) is 30.3 Å². The molecule has 0 aliphatic carbocycles. The van der Waals surface area contributed by atoms with Gasteiger partial charge >= 0.3 is 5.82 Å². The Morgan fingerprint density at radius 1 is 1.00 bits per heavy atom. The molecule has 0 amide bonds. The van der Waals surface area contributed by atoms with E-state index in [2.05, 4.69) is 0 Å². The summed E-state index contributed by atoms with van der Waals surface area (Å²) in [7, 11) is 0. The Kier molecular flexibility index (Phi) is 2.45. The van der Waals surface area contributed by atoms with Crippen molar-refractivity contribution in [3.8, 4) is 5.75 Å². The largest absolute Gasteiger partial charge is 0.519 e. The van der Waals surface area contributed by atoms with Crippen LogP contribution in [0.4, 0.5) is 0 Å². The lowest BCUT2D eigenvalue weighted by Crippen LogP contribution is -2.01. The topological polar surface area (TPSA) is 80.7 Å². The standard InChI is InChI=1S/C14H8O5/c15-11(8-4-2-1-3-5-8)9-6-7-10-13(12(9)16)19-14(17)18-10/h1-7,16H. The summed E-state index contributed by atoms with van der Waals surface area (Å²) in [5.74, 6) is -1.67. The minimum atomic E-state index is -0.922. The van der Waals surface area contributed by atoms with E-state index in [0.717, 1.165) is 0 Å². The highest BCUT2D eigenvalue weighted by molar-refractivity contribution is 6.12. The van der Waals surface area contributed by atoms with Gasteiger partial charge in [0.2, 0.25) is 5.58 Å². The molecule has 0 saturated heterocycles. The molecule has 0 unspecified atom stereocenters. The molecule has 5 heteroatoms. The average Bonchev–Trinajstić information content (AvgIpc) is 2.81. The van der Waals surface area contributed by atoms with Gasteiger partial charge in [0.1, 0.15) is 0 Å². The fraction of sp³-hybridized carbons (Fsp3) is 0. The molecule has 3 aromatic rings. The Morgan fingerprint density at radius 3 is 2.47 bits per heavy atom. The maximum absolute atomic E-state index is 12.2. The SMILES string of the molecule is O=C(c1ccccc1)c1ccc2oc(=O)oc2c1O. The Bertz CT molecular complexity index is 811. The van der Waals surface area contributed by atoms with Gasteiger partial charge in [-0.3, -0.25) is 4.79 Å². The van der Waals surface area contributed by atoms with Crippen molar-refractivity contribution < 1.29 is 18.7 Å². The number of carbonyl (C=O) groups excluding carboxylic acids is 1. The molecule has 0 fully saturated rings. The van der Waals surface area contributed by atoms with E-state index in [1.165, 1.54) is 12.1 Å². The highest BCUT2D eigenvalue weighted by Crippen LogP contribution is 2.29. The van der Waals surface area contributed by atoms with Crippen molar-refractivity contribution >= 4 is 16.9 Å². The summed E-state index contributed by atoms with van der Waals surface area (Å²) in [5, 5.41) is 9.98. The molecule has 0 aliphatic rings. The number of phenolic OH excluding ortho intramolecular Hbond substituents is 1. The second-order valence-corrected chi connectivity index (χ2v) is 3.94. The van der Waals surface area contributed by atoms with Crippen LogP contribution >= 0.6 is 0 Å². The third kappa shape index (κ3) is 1.81. The molecule has 0 bridgehead atoms. The van der Waals surface area contributed by atoms with Crippen LogP contribution in [0.1, 0.15) is 15.9 Å². The van der Waals surface area contributed by atoms with Gasteiger partial charge in [0.05, 0.1) is 5.56 Å². The van der Waals surface area contributed by atoms with Gasteiger partial charge in [0.25, 0.3) is 0 Å².